The molecule has 0 spiro atoms. The van der Waals surface area contributed by atoms with Crippen LogP contribution in [0.5, 0.6) is 0 Å². The Hall–Kier alpha value is -0.130. The van der Waals surface area contributed by atoms with Crippen molar-refractivity contribution in [1.29, 1.82) is 0 Å². The summed E-state index contributed by atoms with van der Waals surface area (Å²) in [5, 5.41) is 9.61. The molecule has 1 aliphatic carbocycles. The van der Waals surface area contributed by atoms with E-state index in [-0.39, 0.29) is 17.5 Å². The molecule has 2 fully saturated rings. The van der Waals surface area contributed by atoms with Crippen molar-refractivity contribution in [3.8, 4) is 0 Å². The van der Waals surface area contributed by atoms with Gasteiger partial charge < -0.3 is 5.11 Å². The van der Waals surface area contributed by atoms with Crippen LogP contribution >= 0.6 is 0 Å². The van der Waals surface area contributed by atoms with Crippen molar-refractivity contribution in [2.75, 3.05) is 25.1 Å². The summed E-state index contributed by atoms with van der Waals surface area (Å²) in [6.07, 6.45) is 1.81. The Morgan fingerprint density at radius 2 is 2.00 bits per heavy atom. The standard InChI is InChI=1S/C9H17NO3S/c1-10(4-7-2-3-7)8-5-14(12,13)6-9(8)11/h7-9,11H,2-6H2,1H3. The smallest absolute Gasteiger partial charge is 0.154 e. The molecule has 1 aliphatic heterocycles. The number of hydrogen-bond acceptors (Lipinski definition) is 4. The Morgan fingerprint density at radius 3 is 2.43 bits per heavy atom. The fourth-order valence-corrected chi connectivity index (χ4v) is 3.95. The molecule has 1 N–H and O–H groups in total. The van der Waals surface area contributed by atoms with Gasteiger partial charge in [-0.1, -0.05) is 0 Å². The quantitative estimate of drug-likeness (QED) is 0.694. The van der Waals surface area contributed by atoms with Crippen molar-refractivity contribution in [3.05, 3.63) is 0 Å². The van der Waals surface area contributed by atoms with Gasteiger partial charge in [-0.15, -0.1) is 0 Å². The second kappa shape index (κ2) is 3.47. The summed E-state index contributed by atoms with van der Waals surface area (Å²) < 4.78 is 22.5. The van der Waals surface area contributed by atoms with Crippen LogP contribution in [0.2, 0.25) is 0 Å². The second-order valence-corrected chi connectivity index (χ2v) is 6.75. The van der Waals surface area contributed by atoms with E-state index in [2.05, 4.69) is 0 Å². The third-order valence-electron chi connectivity index (χ3n) is 3.10. The fraction of sp³-hybridized carbons (Fsp3) is 1.00. The molecule has 2 atom stereocenters. The number of likely N-dealkylation sites (N-methyl/N-ethyl adjacent to an activating group) is 1. The predicted octanol–water partition coefficient (Wildman–Crippen LogP) is -0.514. The topological polar surface area (TPSA) is 57.6 Å². The van der Waals surface area contributed by atoms with E-state index in [0.29, 0.717) is 0 Å². The van der Waals surface area contributed by atoms with Gasteiger partial charge in [-0.05, 0) is 25.8 Å². The van der Waals surface area contributed by atoms with E-state index in [0.717, 1.165) is 12.5 Å². The van der Waals surface area contributed by atoms with Gasteiger partial charge >= 0.3 is 0 Å². The summed E-state index contributed by atoms with van der Waals surface area (Å²) in [5.41, 5.74) is 0. The van der Waals surface area contributed by atoms with Crippen molar-refractivity contribution in [3.63, 3.8) is 0 Å². The van der Waals surface area contributed by atoms with Crippen LogP contribution in [0.3, 0.4) is 0 Å². The summed E-state index contributed by atoms with van der Waals surface area (Å²) >= 11 is 0. The average molecular weight is 219 g/mol. The fourth-order valence-electron chi connectivity index (χ4n) is 2.07. The van der Waals surface area contributed by atoms with E-state index in [4.69, 9.17) is 0 Å². The molecule has 2 rings (SSSR count). The molecule has 0 aromatic carbocycles. The molecular weight excluding hydrogens is 202 g/mol. The number of hydrogen-bond donors (Lipinski definition) is 1. The molecule has 0 radical (unpaired) electrons. The highest BCUT2D eigenvalue weighted by Crippen LogP contribution is 2.31. The van der Waals surface area contributed by atoms with Gasteiger partial charge in [0.05, 0.1) is 23.7 Å². The van der Waals surface area contributed by atoms with Gasteiger partial charge in [0.2, 0.25) is 0 Å². The summed E-state index contributed by atoms with van der Waals surface area (Å²) in [6.45, 7) is 0.928. The Bertz CT molecular complexity index is 310. The lowest BCUT2D eigenvalue weighted by Crippen LogP contribution is -2.41. The Labute approximate surface area is 84.8 Å². The molecule has 4 nitrogen and oxygen atoms in total. The molecular formula is C9H17NO3S. The molecule has 1 heterocycles. The van der Waals surface area contributed by atoms with E-state index in [9.17, 15) is 13.5 Å². The minimum Gasteiger partial charge on any atom is -0.390 e. The van der Waals surface area contributed by atoms with Crippen molar-refractivity contribution in [2.24, 2.45) is 5.92 Å². The molecule has 14 heavy (non-hydrogen) atoms. The van der Waals surface area contributed by atoms with Crippen molar-refractivity contribution < 1.29 is 13.5 Å². The zero-order valence-electron chi connectivity index (χ0n) is 8.39. The monoisotopic (exact) mass is 219 g/mol. The van der Waals surface area contributed by atoms with E-state index < -0.39 is 15.9 Å². The number of sulfone groups is 1. The van der Waals surface area contributed by atoms with E-state index in [1.165, 1.54) is 12.8 Å². The first-order valence-corrected chi connectivity index (χ1v) is 6.89. The maximum atomic E-state index is 11.3. The SMILES string of the molecule is CN(CC1CC1)C1CS(=O)(=O)CC1O. The highest BCUT2D eigenvalue weighted by Gasteiger charge is 2.39. The summed E-state index contributed by atoms with van der Waals surface area (Å²) in [6, 6.07) is -0.180. The van der Waals surface area contributed by atoms with E-state index in [1.807, 2.05) is 11.9 Å². The first-order valence-electron chi connectivity index (χ1n) is 5.07. The number of nitrogens with zero attached hydrogens (tertiary/aromatic N) is 1. The van der Waals surface area contributed by atoms with Crippen molar-refractivity contribution in [1.82, 2.24) is 4.90 Å². The van der Waals surface area contributed by atoms with Gasteiger partial charge in [-0.25, -0.2) is 8.42 Å². The molecule has 82 valence electrons. The first-order chi connectivity index (χ1) is 6.48. The highest BCUT2D eigenvalue weighted by atomic mass is 32.2. The van der Waals surface area contributed by atoms with Gasteiger partial charge in [0, 0.05) is 6.54 Å². The Morgan fingerprint density at radius 1 is 1.36 bits per heavy atom. The van der Waals surface area contributed by atoms with Gasteiger partial charge in [-0.3, -0.25) is 4.90 Å². The molecule has 0 amide bonds. The minimum absolute atomic E-state index is 0.0628. The summed E-state index contributed by atoms with van der Waals surface area (Å²) in [4.78, 5) is 2.01. The van der Waals surface area contributed by atoms with Crippen LogP contribution in [0.15, 0.2) is 0 Å². The minimum atomic E-state index is -3.00. The predicted molar refractivity (Wildman–Crippen MR) is 53.8 cm³/mol. The first kappa shape index (κ1) is 10.4. The van der Waals surface area contributed by atoms with Crippen molar-refractivity contribution >= 4 is 9.84 Å². The zero-order chi connectivity index (χ0) is 10.3. The molecule has 1 saturated carbocycles. The van der Waals surface area contributed by atoms with Crippen LogP contribution < -0.4 is 0 Å². The van der Waals surface area contributed by atoms with Gasteiger partial charge in [-0.2, -0.15) is 0 Å². The van der Waals surface area contributed by atoms with Crippen LogP contribution in [-0.2, 0) is 9.84 Å². The van der Waals surface area contributed by atoms with Crippen LogP contribution in [-0.4, -0.2) is 55.7 Å². The Balaban J connectivity index is 1.96. The third-order valence-corrected chi connectivity index (χ3v) is 4.80. The molecule has 0 aromatic heterocycles. The lowest BCUT2D eigenvalue weighted by molar-refractivity contribution is 0.0971. The maximum Gasteiger partial charge on any atom is 0.154 e. The van der Waals surface area contributed by atoms with Gasteiger partial charge in [0.15, 0.2) is 9.84 Å². The number of rotatable bonds is 3. The van der Waals surface area contributed by atoms with Crippen LogP contribution in [0.25, 0.3) is 0 Å². The lowest BCUT2D eigenvalue weighted by atomic mass is 10.2. The number of aliphatic hydroxyl groups is 1. The molecule has 0 bridgehead atoms. The Kier molecular flexibility index (Phi) is 2.57. The van der Waals surface area contributed by atoms with Crippen molar-refractivity contribution in [2.45, 2.75) is 25.0 Å². The lowest BCUT2D eigenvalue weighted by Gasteiger charge is -2.25. The van der Waals surface area contributed by atoms with Gasteiger partial charge in [0.1, 0.15) is 0 Å². The van der Waals surface area contributed by atoms with Crippen LogP contribution in [0.4, 0.5) is 0 Å². The van der Waals surface area contributed by atoms with E-state index in [1.54, 1.807) is 0 Å². The van der Waals surface area contributed by atoms with Crippen LogP contribution in [0.1, 0.15) is 12.8 Å². The molecule has 2 aliphatic rings. The normalized spacial score (nSPS) is 36.5. The highest BCUT2D eigenvalue weighted by molar-refractivity contribution is 7.91. The van der Waals surface area contributed by atoms with Gasteiger partial charge in [0.25, 0.3) is 0 Å². The molecule has 1 saturated heterocycles. The maximum absolute atomic E-state index is 11.3. The second-order valence-electron chi connectivity index (χ2n) is 4.59. The molecule has 2 unspecified atom stereocenters. The number of aliphatic hydroxyl groups excluding tert-OH is 1. The van der Waals surface area contributed by atoms with Crippen LogP contribution in [0, 0.1) is 5.92 Å². The van der Waals surface area contributed by atoms with E-state index >= 15 is 0 Å². The molecule has 0 aromatic rings. The third kappa shape index (κ3) is 2.27. The molecule has 5 heteroatoms. The zero-order valence-corrected chi connectivity index (χ0v) is 9.20. The summed E-state index contributed by atoms with van der Waals surface area (Å²) in [5.74, 6) is 0.792. The average Bonchev–Trinajstić information content (AvgIpc) is 2.78. The largest absolute Gasteiger partial charge is 0.390 e. The summed E-state index contributed by atoms with van der Waals surface area (Å²) in [7, 11) is -1.09.